The zero-order chi connectivity index (χ0) is 11.6. The SMILES string of the molecule is FC(F)(F)CNCc1cc2n(n1)CCCC2. The summed E-state index contributed by atoms with van der Waals surface area (Å²) in [5.41, 5.74) is 1.83. The summed E-state index contributed by atoms with van der Waals surface area (Å²) in [6.45, 7) is 0.101. The van der Waals surface area contributed by atoms with Gasteiger partial charge in [0.05, 0.1) is 12.2 Å². The number of halogens is 3. The number of nitrogens with zero attached hydrogens (tertiary/aromatic N) is 2. The molecule has 3 nitrogen and oxygen atoms in total. The van der Waals surface area contributed by atoms with E-state index in [2.05, 4.69) is 10.4 Å². The molecule has 1 aromatic rings. The van der Waals surface area contributed by atoms with Crippen LogP contribution in [0.2, 0.25) is 0 Å². The van der Waals surface area contributed by atoms with Crippen LogP contribution in [0.5, 0.6) is 0 Å². The molecule has 0 spiro atoms. The van der Waals surface area contributed by atoms with Gasteiger partial charge in [0, 0.05) is 18.8 Å². The largest absolute Gasteiger partial charge is 0.401 e. The Morgan fingerprint density at radius 2 is 2.19 bits per heavy atom. The molecule has 0 aromatic carbocycles. The monoisotopic (exact) mass is 233 g/mol. The predicted molar refractivity (Wildman–Crippen MR) is 52.9 cm³/mol. The molecule has 2 rings (SSSR count). The Morgan fingerprint density at radius 1 is 1.38 bits per heavy atom. The highest BCUT2D eigenvalue weighted by Gasteiger charge is 2.26. The highest BCUT2D eigenvalue weighted by atomic mass is 19.4. The minimum Gasteiger partial charge on any atom is -0.303 e. The maximum absolute atomic E-state index is 11.9. The smallest absolute Gasteiger partial charge is 0.303 e. The number of aryl methyl sites for hydroxylation is 2. The van der Waals surface area contributed by atoms with Gasteiger partial charge in [-0.25, -0.2) is 0 Å². The van der Waals surface area contributed by atoms with Crippen molar-refractivity contribution in [3.05, 3.63) is 17.5 Å². The molecule has 0 atom stereocenters. The van der Waals surface area contributed by atoms with E-state index in [-0.39, 0.29) is 6.54 Å². The second-order valence-corrected chi connectivity index (χ2v) is 4.03. The molecule has 16 heavy (non-hydrogen) atoms. The van der Waals surface area contributed by atoms with E-state index in [1.165, 1.54) is 0 Å². The van der Waals surface area contributed by atoms with Gasteiger partial charge in [0.25, 0.3) is 0 Å². The highest BCUT2D eigenvalue weighted by molar-refractivity contribution is 5.11. The van der Waals surface area contributed by atoms with Gasteiger partial charge in [-0.05, 0) is 25.3 Å². The van der Waals surface area contributed by atoms with Crippen molar-refractivity contribution in [1.29, 1.82) is 0 Å². The molecular weight excluding hydrogens is 219 g/mol. The summed E-state index contributed by atoms with van der Waals surface area (Å²) < 4.78 is 37.6. The summed E-state index contributed by atoms with van der Waals surface area (Å²) in [6.07, 6.45) is -0.934. The average Bonchev–Trinajstić information content (AvgIpc) is 2.57. The van der Waals surface area contributed by atoms with E-state index >= 15 is 0 Å². The minimum absolute atomic E-state index is 0.180. The van der Waals surface area contributed by atoms with Crippen LogP contribution < -0.4 is 5.32 Å². The van der Waals surface area contributed by atoms with Crippen LogP contribution in [0.25, 0.3) is 0 Å². The fourth-order valence-corrected chi connectivity index (χ4v) is 1.90. The lowest BCUT2D eigenvalue weighted by Crippen LogP contribution is -2.28. The predicted octanol–water partition coefficient (Wildman–Crippen LogP) is 1.87. The number of rotatable bonds is 3. The van der Waals surface area contributed by atoms with Crippen LogP contribution >= 0.6 is 0 Å². The third kappa shape index (κ3) is 2.98. The Hall–Kier alpha value is -1.04. The van der Waals surface area contributed by atoms with Crippen molar-refractivity contribution in [2.24, 2.45) is 0 Å². The average molecular weight is 233 g/mol. The Kier molecular flexibility index (Phi) is 3.18. The summed E-state index contributed by atoms with van der Waals surface area (Å²) in [6, 6.07) is 1.89. The number of fused-ring (bicyclic) bond motifs is 1. The van der Waals surface area contributed by atoms with Crippen LogP contribution in [-0.4, -0.2) is 22.5 Å². The van der Waals surface area contributed by atoms with Crippen molar-refractivity contribution in [3.63, 3.8) is 0 Å². The van der Waals surface area contributed by atoms with Crippen molar-refractivity contribution in [2.75, 3.05) is 6.54 Å². The molecule has 1 N–H and O–H groups in total. The molecule has 0 fully saturated rings. The van der Waals surface area contributed by atoms with Crippen molar-refractivity contribution in [3.8, 4) is 0 Å². The molecule has 0 radical (unpaired) electrons. The first kappa shape index (κ1) is 11.4. The van der Waals surface area contributed by atoms with Gasteiger partial charge in [0.15, 0.2) is 0 Å². The lowest BCUT2D eigenvalue weighted by atomic mass is 10.1. The quantitative estimate of drug-likeness (QED) is 0.863. The van der Waals surface area contributed by atoms with Gasteiger partial charge in [-0.15, -0.1) is 0 Å². The van der Waals surface area contributed by atoms with Crippen LogP contribution in [0, 0.1) is 0 Å². The normalized spacial score (nSPS) is 16.2. The first-order valence-electron chi connectivity index (χ1n) is 5.38. The molecule has 1 aliphatic rings. The van der Waals surface area contributed by atoms with Gasteiger partial charge >= 0.3 is 6.18 Å². The van der Waals surface area contributed by atoms with Crippen LogP contribution in [0.3, 0.4) is 0 Å². The molecule has 0 saturated carbocycles. The fourth-order valence-electron chi connectivity index (χ4n) is 1.90. The molecule has 0 amide bonds. The van der Waals surface area contributed by atoms with E-state index in [0.717, 1.165) is 31.5 Å². The van der Waals surface area contributed by atoms with Crippen LogP contribution in [0.4, 0.5) is 13.2 Å². The summed E-state index contributed by atoms with van der Waals surface area (Å²) in [7, 11) is 0. The van der Waals surface area contributed by atoms with Gasteiger partial charge in [0.1, 0.15) is 0 Å². The topological polar surface area (TPSA) is 29.9 Å². The Morgan fingerprint density at radius 3 is 2.88 bits per heavy atom. The van der Waals surface area contributed by atoms with Gasteiger partial charge in [0.2, 0.25) is 0 Å². The van der Waals surface area contributed by atoms with E-state index in [1.54, 1.807) is 0 Å². The molecule has 1 aliphatic heterocycles. The maximum Gasteiger partial charge on any atom is 0.401 e. The lowest BCUT2D eigenvalue weighted by Gasteiger charge is -2.11. The van der Waals surface area contributed by atoms with E-state index in [9.17, 15) is 13.2 Å². The number of alkyl halides is 3. The lowest BCUT2D eigenvalue weighted by molar-refractivity contribution is -0.125. The number of hydrogen-bond donors (Lipinski definition) is 1. The number of nitrogens with one attached hydrogen (secondary N) is 1. The van der Waals surface area contributed by atoms with E-state index in [0.29, 0.717) is 5.69 Å². The fraction of sp³-hybridized carbons (Fsp3) is 0.700. The maximum atomic E-state index is 11.9. The Labute approximate surface area is 91.6 Å². The van der Waals surface area contributed by atoms with Crippen molar-refractivity contribution in [1.82, 2.24) is 15.1 Å². The summed E-state index contributed by atoms with van der Waals surface area (Å²) in [5, 5.41) is 6.61. The van der Waals surface area contributed by atoms with E-state index in [4.69, 9.17) is 0 Å². The van der Waals surface area contributed by atoms with Gasteiger partial charge in [-0.3, -0.25) is 4.68 Å². The van der Waals surface area contributed by atoms with Crippen molar-refractivity contribution < 1.29 is 13.2 Å². The molecule has 0 aliphatic carbocycles. The summed E-state index contributed by atoms with van der Waals surface area (Å²) in [5.74, 6) is 0. The first-order valence-corrected chi connectivity index (χ1v) is 5.38. The highest BCUT2D eigenvalue weighted by Crippen LogP contribution is 2.16. The third-order valence-corrected chi connectivity index (χ3v) is 2.60. The molecule has 6 heteroatoms. The molecule has 1 aromatic heterocycles. The minimum atomic E-state index is -4.15. The molecule has 0 unspecified atom stereocenters. The Balaban J connectivity index is 1.88. The molecular formula is C10H14F3N3. The van der Waals surface area contributed by atoms with Gasteiger partial charge < -0.3 is 5.32 Å². The zero-order valence-electron chi connectivity index (χ0n) is 8.85. The zero-order valence-corrected chi connectivity index (χ0v) is 8.85. The van der Waals surface area contributed by atoms with E-state index < -0.39 is 12.7 Å². The Bertz CT molecular complexity index is 333. The first-order chi connectivity index (χ1) is 7.54. The molecule has 0 saturated heterocycles. The van der Waals surface area contributed by atoms with Crippen molar-refractivity contribution in [2.45, 2.75) is 38.5 Å². The number of aromatic nitrogens is 2. The van der Waals surface area contributed by atoms with Gasteiger partial charge in [-0.1, -0.05) is 0 Å². The van der Waals surface area contributed by atoms with Crippen LogP contribution in [0.1, 0.15) is 24.2 Å². The molecule has 90 valence electrons. The van der Waals surface area contributed by atoms with Gasteiger partial charge in [-0.2, -0.15) is 18.3 Å². The number of hydrogen-bond acceptors (Lipinski definition) is 2. The molecule has 2 heterocycles. The molecule has 0 bridgehead atoms. The van der Waals surface area contributed by atoms with Crippen molar-refractivity contribution >= 4 is 0 Å². The third-order valence-electron chi connectivity index (χ3n) is 2.60. The second kappa shape index (κ2) is 4.45. The van der Waals surface area contributed by atoms with Crippen LogP contribution in [-0.2, 0) is 19.5 Å². The standard InChI is InChI=1S/C10H14F3N3/c11-10(12,13)7-14-6-8-5-9-3-1-2-4-16(9)15-8/h5,14H,1-4,6-7H2. The second-order valence-electron chi connectivity index (χ2n) is 4.03. The summed E-state index contributed by atoms with van der Waals surface area (Å²) in [4.78, 5) is 0. The summed E-state index contributed by atoms with van der Waals surface area (Å²) >= 11 is 0. The van der Waals surface area contributed by atoms with Crippen LogP contribution in [0.15, 0.2) is 6.07 Å². The van der Waals surface area contributed by atoms with E-state index in [1.807, 2.05) is 10.7 Å².